The summed E-state index contributed by atoms with van der Waals surface area (Å²) in [5.74, 6) is 2.09. The van der Waals surface area contributed by atoms with E-state index in [1.807, 2.05) is 20.9 Å². The van der Waals surface area contributed by atoms with Crippen LogP contribution in [0.2, 0.25) is 0 Å². The standard InChI is InChI=1S/C7H15N.C2H6/c1-6-5-7(6)3-4-8-2;1-2/h6-8H,3-5H2,1-2H3;1-2H3. The third kappa shape index (κ3) is 3.89. The average molecular weight is 143 g/mol. The van der Waals surface area contributed by atoms with Crippen LogP contribution < -0.4 is 5.32 Å². The molecule has 0 amide bonds. The minimum atomic E-state index is 1.03. The van der Waals surface area contributed by atoms with Crippen LogP contribution in [0.25, 0.3) is 0 Å². The lowest BCUT2D eigenvalue weighted by Crippen LogP contribution is -2.08. The van der Waals surface area contributed by atoms with Gasteiger partial charge in [-0.1, -0.05) is 20.8 Å². The van der Waals surface area contributed by atoms with Crippen LogP contribution in [-0.4, -0.2) is 13.6 Å². The quantitative estimate of drug-likeness (QED) is 0.639. The summed E-state index contributed by atoms with van der Waals surface area (Å²) < 4.78 is 0. The highest BCUT2D eigenvalue weighted by molar-refractivity contribution is 4.82. The van der Waals surface area contributed by atoms with E-state index < -0.39 is 0 Å². The molecule has 0 spiro atoms. The summed E-state index contributed by atoms with van der Waals surface area (Å²) in [6.45, 7) is 7.54. The van der Waals surface area contributed by atoms with Crippen LogP contribution in [0.4, 0.5) is 0 Å². The Morgan fingerprint density at radius 1 is 1.40 bits per heavy atom. The molecule has 0 saturated heterocycles. The summed E-state index contributed by atoms with van der Waals surface area (Å²) >= 11 is 0. The van der Waals surface area contributed by atoms with Gasteiger partial charge in [-0.05, 0) is 38.3 Å². The van der Waals surface area contributed by atoms with Crippen molar-refractivity contribution in [1.82, 2.24) is 5.32 Å². The number of hydrogen-bond acceptors (Lipinski definition) is 1. The Labute approximate surface area is 65.2 Å². The van der Waals surface area contributed by atoms with E-state index in [-0.39, 0.29) is 0 Å². The fraction of sp³-hybridized carbons (Fsp3) is 1.00. The minimum Gasteiger partial charge on any atom is -0.320 e. The Kier molecular flexibility index (Phi) is 5.70. The summed E-state index contributed by atoms with van der Waals surface area (Å²) in [7, 11) is 2.02. The van der Waals surface area contributed by atoms with Crippen molar-refractivity contribution in [3.63, 3.8) is 0 Å². The first-order valence-electron chi connectivity index (χ1n) is 4.49. The van der Waals surface area contributed by atoms with Gasteiger partial charge in [0.1, 0.15) is 0 Å². The molecule has 2 unspecified atom stereocenters. The van der Waals surface area contributed by atoms with Gasteiger partial charge < -0.3 is 5.32 Å². The average Bonchev–Trinajstić information content (AvgIpc) is 2.67. The summed E-state index contributed by atoms with van der Waals surface area (Å²) in [5, 5.41) is 3.16. The third-order valence-electron chi connectivity index (χ3n) is 2.04. The largest absolute Gasteiger partial charge is 0.320 e. The molecule has 1 aliphatic carbocycles. The Morgan fingerprint density at radius 2 is 1.90 bits per heavy atom. The van der Waals surface area contributed by atoms with E-state index in [4.69, 9.17) is 0 Å². The maximum Gasteiger partial charge on any atom is -0.00492 e. The van der Waals surface area contributed by atoms with E-state index in [0.29, 0.717) is 0 Å². The molecule has 1 aliphatic rings. The molecule has 0 heterocycles. The fourth-order valence-electron chi connectivity index (χ4n) is 1.13. The van der Waals surface area contributed by atoms with Gasteiger partial charge in [-0.2, -0.15) is 0 Å². The molecule has 10 heavy (non-hydrogen) atoms. The number of nitrogens with one attached hydrogen (secondary N) is 1. The van der Waals surface area contributed by atoms with Crippen molar-refractivity contribution in [2.75, 3.05) is 13.6 Å². The summed E-state index contributed by atoms with van der Waals surface area (Å²) in [6, 6.07) is 0. The predicted octanol–water partition coefficient (Wildman–Crippen LogP) is 2.28. The lowest BCUT2D eigenvalue weighted by molar-refractivity contribution is 0.632. The van der Waals surface area contributed by atoms with Crippen LogP contribution in [0.15, 0.2) is 0 Å². The van der Waals surface area contributed by atoms with Gasteiger partial charge in [-0.3, -0.25) is 0 Å². The Bertz CT molecular complexity index is 71.1. The SMILES string of the molecule is CC.CNCCC1CC1C. The third-order valence-corrected chi connectivity index (χ3v) is 2.04. The molecule has 0 bridgehead atoms. The second-order valence-corrected chi connectivity index (χ2v) is 2.87. The molecular weight excluding hydrogens is 122 g/mol. The van der Waals surface area contributed by atoms with E-state index in [0.717, 1.165) is 11.8 Å². The van der Waals surface area contributed by atoms with E-state index in [1.54, 1.807) is 0 Å². The topological polar surface area (TPSA) is 12.0 Å². The van der Waals surface area contributed by atoms with Crippen LogP contribution in [0, 0.1) is 11.8 Å². The Morgan fingerprint density at radius 3 is 2.20 bits per heavy atom. The Balaban J connectivity index is 0.000000371. The molecule has 1 saturated carbocycles. The summed E-state index contributed by atoms with van der Waals surface area (Å²) in [6.07, 6.45) is 2.86. The summed E-state index contributed by atoms with van der Waals surface area (Å²) in [5.41, 5.74) is 0. The van der Waals surface area contributed by atoms with Crippen LogP contribution in [0.1, 0.15) is 33.6 Å². The molecule has 1 rings (SSSR count). The van der Waals surface area contributed by atoms with Gasteiger partial charge in [0, 0.05) is 0 Å². The van der Waals surface area contributed by atoms with E-state index in [1.165, 1.54) is 19.4 Å². The molecular formula is C9H21N. The van der Waals surface area contributed by atoms with E-state index in [9.17, 15) is 0 Å². The van der Waals surface area contributed by atoms with Crippen molar-refractivity contribution in [2.45, 2.75) is 33.6 Å². The van der Waals surface area contributed by atoms with Crippen LogP contribution in [-0.2, 0) is 0 Å². The van der Waals surface area contributed by atoms with E-state index >= 15 is 0 Å². The van der Waals surface area contributed by atoms with Gasteiger partial charge in [-0.25, -0.2) is 0 Å². The maximum atomic E-state index is 3.16. The predicted molar refractivity (Wildman–Crippen MR) is 47.2 cm³/mol. The fourth-order valence-corrected chi connectivity index (χ4v) is 1.13. The normalized spacial score (nSPS) is 28.8. The molecule has 0 aromatic rings. The first-order valence-corrected chi connectivity index (χ1v) is 4.49. The van der Waals surface area contributed by atoms with Crippen LogP contribution >= 0.6 is 0 Å². The molecule has 1 fully saturated rings. The van der Waals surface area contributed by atoms with Gasteiger partial charge in [-0.15, -0.1) is 0 Å². The molecule has 62 valence electrons. The second kappa shape index (κ2) is 5.72. The first kappa shape index (κ1) is 9.96. The number of rotatable bonds is 3. The van der Waals surface area contributed by atoms with Crippen molar-refractivity contribution >= 4 is 0 Å². The highest BCUT2D eigenvalue weighted by Crippen LogP contribution is 2.39. The molecule has 0 radical (unpaired) electrons. The summed E-state index contributed by atoms with van der Waals surface area (Å²) in [4.78, 5) is 0. The van der Waals surface area contributed by atoms with Crippen molar-refractivity contribution < 1.29 is 0 Å². The molecule has 1 nitrogen and oxygen atoms in total. The Hall–Kier alpha value is -0.0400. The monoisotopic (exact) mass is 143 g/mol. The van der Waals surface area contributed by atoms with Crippen molar-refractivity contribution in [2.24, 2.45) is 11.8 Å². The lowest BCUT2D eigenvalue weighted by atomic mass is 10.2. The highest BCUT2D eigenvalue weighted by atomic mass is 14.8. The highest BCUT2D eigenvalue weighted by Gasteiger charge is 2.30. The second-order valence-electron chi connectivity index (χ2n) is 2.87. The zero-order valence-corrected chi connectivity index (χ0v) is 7.78. The van der Waals surface area contributed by atoms with Gasteiger partial charge in [0.2, 0.25) is 0 Å². The van der Waals surface area contributed by atoms with Gasteiger partial charge >= 0.3 is 0 Å². The molecule has 1 N–H and O–H groups in total. The van der Waals surface area contributed by atoms with E-state index in [2.05, 4.69) is 12.2 Å². The molecule has 0 aromatic carbocycles. The van der Waals surface area contributed by atoms with Crippen molar-refractivity contribution in [3.05, 3.63) is 0 Å². The van der Waals surface area contributed by atoms with Crippen LogP contribution in [0.3, 0.4) is 0 Å². The zero-order chi connectivity index (χ0) is 7.98. The van der Waals surface area contributed by atoms with Gasteiger partial charge in [0.15, 0.2) is 0 Å². The molecule has 0 aliphatic heterocycles. The smallest absolute Gasteiger partial charge is 0.00492 e. The minimum absolute atomic E-state index is 1.03. The molecule has 1 heteroatoms. The van der Waals surface area contributed by atoms with Gasteiger partial charge in [0.05, 0.1) is 0 Å². The zero-order valence-electron chi connectivity index (χ0n) is 7.78. The first-order chi connectivity index (χ1) is 4.84. The van der Waals surface area contributed by atoms with Crippen molar-refractivity contribution in [1.29, 1.82) is 0 Å². The molecule has 0 aromatic heterocycles. The van der Waals surface area contributed by atoms with Crippen molar-refractivity contribution in [3.8, 4) is 0 Å². The molecule has 2 atom stereocenters. The number of hydrogen-bond donors (Lipinski definition) is 1. The van der Waals surface area contributed by atoms with Crippen LogP contribution in [0.5, 0.6) is 0 Å². The lowest BCUT2D eigenvalue weighted by Gasteiger charge is -1.93. The van der Waals surface area contributed by atoms with Gasteiger partial charge in [0.25, 0.3) is 0 Å². The maximum absolute atomic E-state index is 3.16.